The number of ether oxygens (including phenoxy) is 1. The number of nitrogens with zero attached hydrogens (tertiary/aromatic N) is 5. The van der Waals surface area contributed by atoms with Crippen LogP contribution in [0, 0.1) is 6.92 Å². The molecule has 0 saturated carbocycles. The molecule has 0 bridgehead atoms. The van der Waals surface area contributed by atoms with E-state index in [9.17, 15) is 4.79 Å². The van der Waals surface area contributed by atoms with Gasteiger partial charge in [-0.15, -0.1) is 11.3 Å². The van der Waals surface area contributed by atoms with Gasteiger partial charge in [-0.25, -0.2) is 15.0 Å². The van der Waals surface area contributed by atoms with Crippen LogP contribution in [0.3, 0.4) is 0 Å². The van der Waals surface area contributed by atoms with E-state index in [4.69, 9.17) is 4.74 Å². The molecule has 9 heteroatoms. The molecule has 0 fully saturated rings. The Morgan fingerprint density at radius 3 is 2.81 bits per heavy atom. The molecular weight excluding hydrogens is 364 g/mol. The van der Waals surface area contributed by atoms with Crippen LogP contribution in [0.1, 0.15) is 5.69 Å². The van der Waals surface area contributed by atoms with Gasteiger partial charge in [0.15, 0.2) is 11.6 Å². The van der Waals surface area contributed by atoms with E-state index in [1.807, 2.05) is 19.1 Å². The van der Waals surface area contributed by atoms with Crippen molar-refractivity contribution in [3.05, 3.63) is 58.9 Å². The fourth-order valence-electron chi connectivity index (χ4n) is 2.49. The summed E-state index contributed by atoms with van der Waals surface area (Å²) in [4.78, 5) is 37.1. The van der Waals surface area contributed by atoms with Crippen LogP contribution in [0.4, 0.5) is 0 Å². The lowest BCUT2D eigenvalue weighted by Gasteiger charge is -2.04. The van der Waals surface area contributed by atoms with Gasteiger partial charge in [-0.2, -0.15) is 4.98 Å². The Morgan fingerprint density at radius 1 is 1.15 bits per heavy atom. The molecule has 1 N–H and O–H groups in total. The SMILES string of the molecule is COc1cc(=O)[nH]c(-c2nccc(-c3sc(-c4cccnc4)nc3C)n2)n1. The van der Waals surface area contributed by atoms with Crippen molar-refractivity contribution in [2.75, 3.05) is 7.11 Å². The lowest BCUT2D eigenvalue weighted by Crippen LogP contribution is -2.10. The summed E-state index contributed by atoms with van der Waals surface area (Å²) in [6, 6.07) is 6.90. The number of aromatic amines is 1. The van der Waals surface area contributed by atoms with E-state index in [0.29, 0.717) is 11.5 Å². The quantitative estimate of drug-likeness (QED) is 0.582. The van der Waals surface area contributed by atoms with Gasteiger partial charge in [0.05, 0.1) is 29.4 Å². The van der Waals surface area contributed by atoms with Gasteiger partial charge >= 0.3 is 0 Å². The van der Waals surface area contributed by atoms with Gasteiger partial charge in [0, 0.05) is 24.2 Å². The predicted molar refractivity (Wildman–Crippen MR) is 102 cm³/mol. The Morgan fingerprint density at radius 2 is 2.04 bits per heavy atom. The summed E-state index contributed by atoms with van der Waals surface area (Å²) in [6.45, 7) is 1.93. The molecule has 8 nitrogen and oxygen atoms in total. The molecule has 0 aromatic carbocycles. The van der Waals surface area contributed by atoms with Crippen LogP contribution >= 0.6 is 11.3 Å². The topological polar surface area (TPSA) is 107 Å². The Labute approximate surface area is 158 Å². The van der Waals surface area contributed by atoms with E-state index in [-0.39, 0.29) is 17.3 Å². The maximum Gasteiger partial charge on any atom is 0.255 e. The molecule has 0 amide bonds. The maximum absolute atomic E-state index is 11.8. The third kappa shape index (κ3) is 3.44. The van der Waals surface area contributed by atoms with Gasteiger partial charge in [0.1, 0.15) is 5.01 Å². The molecule has 0 aliphatic carbocycles. The highest BCUT2D eigenvalue weighted by Crippen LogP contribution is 2.34. The van der Waals surface area contributed by atoms with Crippen molar-refractivity contribution in [1.29, 1.82) is 0 Å². The van der Waals surface area contributed by atoms with E-state index >= 15 is 0 Å². The van der Waals surface area contributed by atoms with E-state index in [1.54, 1.807) is 24.7 Å². The third-order valence-corrected chi connectivity index (χ3v) is 4.96. The van der Waals surface area contributed by atoms with Crippen LogP contribution in [0.2, 0.25) is 0 Å². The molecular formula is C18H14N6O2S. The Hall–Kier alpha value is -3.46. The molecule has 4 aromatic rings. The fourth-order valence-corrected chi connectivity index (χ4v) is 3.52. The zero-order valence-electron chi connectivity index (χ0n) is 14.5. The molecule has 0 aliphatic heterocycles. The number of nitrogens with one attached hydrogen (secondary N) is 1. The standard InChI is InChI=1S/C18H14N6O2S/c1-10-15(27-18(21-10)11-4-3-6-19-9-11)12-5-7-20-16(22-12)17-23-13(25)8-14(24-17)26-2/h3-9H,1-2H3,(H,23,24,25). The van der Waals surface area contributed by atoms with Crippen molar-refractivity contribution in [1.82, 2.24) is 29.9 Å². The van der Waals surface area contributed by atoms with Crippen molar-refractivity contribution in [3.8, 4) is 38.7 Å². The van der Waals surface area contributed by atoms with Gasteiger partial charge in [-0.05, 0) is 25.1 Å². The number of aryl methyl sites for hydroxylation is 1. The molecule has 134 valence electrons. The van der Waals surface area contributed by atoms with Crippen LogP contribution in [0.5, 0.6) is 5.88 Å². The summed E-state index contributed by atoms with van der Waals surface area (Å²) < 4.78 is 5.04. The van der Waals surface area contributed by atoms with Crippen molar-refractivity contribution in [2.24, 2.45) is 0 Å². The minimum absolute atomic E-state index is 0.204. The van der Waals surface area contributed by atoms with Crippen molar-refractivity contribution in [3.63, 3.8) is 0 Å². The minimum atomic E-state index is -0.335. The second-order valence-corrected chi connectivity index (χ2v) is 6.58. The largest absolute Gasteiger partial charge is 0.481 e. The zero-order valence-corrected chi connectivity index (χ0v) is 15.3. The number of aromatic nitrogens is 6. The number of thiazole rings is 1. The molecule has 0 unspecified atom stereocenters. The first-order valence-corrected chi connectivity index (χ1v) is 8.82. The molecule has 0 atom stereocenters. The zero-order chi connectivity index (χ0) is 18.8. The number of H-pyrrole nitrogens is 1. The highest BCUT2D eigenvalue weighted by Gasteiger charge is 2.15. The highest BCUT2D eigenvalue weighted by molar-refractivity contribution is 7.18. The molecule has 4 aromatic heterocycles. The lowest BCUT2D eigenvalue weighted by atomic mass is 10.3. The van der Waals surface area contributed by atoms with Gasteiger partial charge < -0.3 is 9.72 Å². The van der Waals surface area contributed by atoms with Crippen molar-refractivity contribution < 1.29 is 4.74 Å². The number of rotatable bonds is 4. The molecule has 0 radical (unpaired) electrons. The Kier molecular flexibility index (Phi) is 4.43. The first-order valence-electron chi connectivity index (χ1n) is 8.01. The Balaban J connectivity index is 1.77. The van der Waals surface area contributed by atoms with E-state index in [2.05, 4.69) is 29.9 Å². The van der Waals surface area contributed by atoms with Gasteiger partial charge in [0.2, 0.25) is 5.88 Å². The Bertz CT molecular complexity index is 1160. The number of methoxy groups -OCH3 is 1. The van der Waals surface area contributed by atoms with Crippen LogP contribution in [0.25, 0.3) is 32.8 Å². The second-order valence-electron chi connectivity index (χ2n) is 5.58. The predicted octanol–water partition coefficient (Wildman–Crippen LogP) is 2.73. The average molecular weight is 378 g/mol. The molecule has 0 saturated heterocycles. The molecule has 27 heavy (non-hydrogen) atoms. The summed E-state index contributed by atoms with van der Waals surface area (Å²) >= 11 is 1.52. The van der Waals surface area contributed by atoms with E-state index in [0.717, 1.165) is 21.1 Å². The number of hydrogen-bond donors (Lipinski definition) is 1. The maximum atomic E-state index is 11.8. The summed E-state index contributed by atoms with van der Waals surface area (Å²) in [5, 5.41) is 0.865. The molecule has 0 spiro atoms. The van der Waals surface area contributed by atoms with Crippen molar-refractivity contribution in [2.45, 2.75) is 6.92 Å². The van der Waals surface area contributed by atoms with Crippen LogP contribution < -0.4 is 10.3 Å². The summed E-state index contributed by atoms with van der Waals surface area (Å²) in [5.41, 5.74) is 2.18. The average Bonchev–Trinajstić information content (AvgIpc) is 3.10. The molecule has 0 aliphatic rings. The van der Waals surface area contributed by atoms with Crippen LogP contribution in [-0.2, 0) is 0 Å². The van der Waals surface area contributed by atoms with Gasteiger partial charge in [-0.1, -0.05) is 0 Å². The normalized spacial score (nSPS) is 10.7. The second kappa shape index (κ2) is 7.04. The van der Waals surface area contributed by atoms with Crippen LogP contribution in [-0.4, -0.2) is 37.0 Å². The molecule has 4 rings (SSSR count). The van der Waals surface area contributed by atoms with E-state index in [1.165, 1.54) is 24.5 Å². The lowest BCUT2D eigenvalue weighted by molar-refractivity contribution is 0.396. The monoisotopic (exact) mass is 378 g/mol. The summed E-state index contributed by atoms with van der Waals surface area (Å²) in [7, 11) is 1.45. The van der Waals surface area contributed by atoms with Gasteiger partial charge in [0.25, 0.3) is 5.56 Å². The van der Waals surface area contributed by atoms with Crippen molar-refractivity contribution >= 4 is 11.3 Å². The van der Waals surface area contributed by atoms with Crippen LogP contribution in [0.15, 0.2) is 47.7 Å². The highest BCUT2D eigenvalue weighted by atomic mass is 32.1. The smallest absolute Gasteiger partial charge is 0.255 e. The molecule has 4 heterocycles. The minimum Gasteiger partial charge on any atom is -0.481 e. The number of pyridine rings is 1. The first kappa shape index (κ1) is 17.0. The number of hydrogen-bond acceptors (Lipinski definition) is 8. The summed E-state index contributed by atoms with van der Waals surface area (Å²) in [6.07, 6.45) is 5.13. The fraction of sp³-hybridized carbons (Fsp3) is 0.111. The third-order valence-electron chi connectivity index (χ3n) is 3.73. The van der Waals surface area contributed by atoms with Gasteiger partial charge in [-0.3, -0.25) is 9.78 Å². The first-order chi connectivity index (χ1) is 13.1. The summed E-state index contributed by atoms with van der Waals surface area (Å²) in [5.74, 6) is 0.755. The van der Waals surface area contributed by atoms with E-state index < -0.39 is 0 Å².